The Morgan fingerprint density at radius 2 is 2.00 bits per heavy atom. The number of carbonyl (C=O) groups excluding carboxylic acids is 1. The van der Waals surface area contributed by atoms with Gasteiger partial charge in [0.1, 0.15) is 5.76 Å². The fourth-order valence-corrected chi connectivity index (χ4v) is 2.90. The maximum atomic E-state index is 12.4. The van der Waals surface area contributed by atoms with Gasteiger partial charge in [-0.25, -0.2) is 4.79 Å². The Morgan fingerprint density at radius 1 is 1.30 bits per heavy atom. The number of piperidine rings is 1. The molecule has 0 saturated carbocycles. The minimum absolute atomic E-state index is 0.238. The highest BCUT2D eigenvalue weighted by atomic mass is 16.5. The summed E-state index contributed by atoms with van der Waals surface area (Å²) in [5.41, 5.74) is 0.0487. The second kappa shape index (κ2) is 5.53. The molecular weight excluding hydrogens is 300 g/mol. The molecule has 0 spiro atoms. The van der Waals surface area contributed by atoms with Crippen molar-refractivity contribution in [2.75, 3.05) is 13.1 Å². The van der Waals surface area contributed by atoms with Crippen molar-refractivity contribution in [1.82, 2.24) is 19.8 Å². The highest BCUT2D eigenvalue weighted by Gasteiger charge is 2.45. The lowest BCUT2D eigenvalue weighted by Gasteiger charge is -2.38. The topological polar surface area (TPSA) is 101 Å². The Labute approximate surface area is 132 Å². The summed E-state index contributed by atoms with van der Waals surface area (Å²) in [6.07, 6.45) is 3.96. The Morgan fingerprint density at radius 3 is 2.48 bits per heavy atom. The van der Waals surface area contributed by atoms with Crippen molar-refractivity contribution >= 4 is 11.9 Å². The third kappa shape index (κ3) is 2.60. The molecule has 1 amide bonds. The van der Waals surface area contributed by atoms with Crippen molar-refractivity contribution in [3.05, 3.63) is 35.5 Å². The van der Waals surface area contributed by atoms with Crippen molar-refractivity contribution in [2.24, 2.45) is 0 Å². The molecule has 1 fully saturated rings. The lowest BCUT2D eigenvalue weighted by molar-refractivity contribution is -0.150. The number of carboxylic acid groups (broad SMARTS) is 1. The molecular formula is C15H18N4O4. The van der Waals surface area contributed by atoms with E-state index in [0.717, 1.165) is 5.56 Å². The molecule has 2 aromatic heterocycles. The lowest BCUT2D eigenvalue weighted by Crippen LogP contribution is -2.52. The van der Waals surface area contributed by atoms with Gasteiger partial charge in [-0.05, 0) is 19.4 Å². The summed E-state index contributed by atoms with van der Waals surface area (Å²) in [4.78, 5) is 25.8. The molecule has 3 heterocycles. The predicted octanol–water partition coefficient (Wildman–Crippen LogP) is 1.20. The summed E-state index contributed by atoms with van der Waals surface area (Å²) >= 11 is 0. The molecule has 0 radical (unpaired) electrons. The fraction of sp³-hybridized carbons (Fsp3) is 0.467. The Bertz CT molecular complexity index is 740. The fourth-order valence-electron chi connectivity index (χ4n) is 2.90. The van der Waals surface area contributed by atoms with E-state index in [2.05, 4.69) is 10.3 Å². The minimum Gasteiger partial charge on any atom is -0.479 e. The van der Waals surface area contributed by atoms with Crippen molar-refractivity contribution < 1.29 is 19.2 Å². The van der Waals surface area contributed by atoms with Crippen LogP contribution in [0.2, 0.25) is 0 Å². The smallest absolute Gasteiger partial charge is 0.331 e. The van der Waals surface area contributed by atoms with Crippen LogP contribution in [0.3, 0.4) is 0 Å². The zero-order valence-electron chi connectivity index (χ0n) is 13.0. The number of amides is 1. The number of likely N-dealkylation sites (tertiary alicyclic amines) is 1. The molecule has 3 rings (SSSR count). The van der Waals surface area contributed by atoms with Gasteiger partial charge in [0.25, 0.3) is 5.91 Å². The second-order valence-corrected chi connectivity index (χ2v) is 5.91. The zero-order chi connectivity index (χ0) is 16.6. The zero-order valence-corrected chi connectivity index (χ0v) is 13.0. The molecule has 0 unspecified atom stereocenters. The van der Waals surface area contributed by atoms with Crippen LogP contribution in [0.25, 0.3) is 0 Å². The number of nitrogens with zero attached hydrogens (tertiary/aromatic N) is 4. The van der Waals surface area contributed by atoms with Crippen LogP contribution < -0.4 is 0 Å². The van der Waals surface area contributed by atoms with Crippen molar-refractivity contribution in [1.29, 1.82) is 0 Å². The van der Waals surface area contributed by atoms with Crippen LogP contribution in [0.4, 0.5) is 0 Å². The minimum atomic E-state index is -1.11. The van der Waals surface area contributed by atoms with Gasteiger partial charge < -0.3 is 14.5 Å². The third-order valence-electron chi connectivity index (χ3n) is 4.27. The Hall–Kier alpha value is -2.64. The van der Waals surface area contributed by atoms with Gasteiger partial charge >= 0.3 is 5.97 Å². The first-order valence-corrected chi connectivity index (χ1v) is 7.40. The number of carbonyl (C=O) groups is 2. The molecule has 8 heteroatoms. The third-order valence-corrected chi connectivity index (χ3v) is 4.27. The van der Waals surface area contributed by atoms with Crippen LogP contribution in [-0.4, -0.2) is 49.9 Å². The monoisotopic (exact) mass is 318 g/mol. The quantitative estimate of drug-likeness (QED) is 0.912. The highest BCUT2D eigenvalue weighted by molar-refractivity contribution is 5.92. The van der Waals surface area contributed by atoms with E-state index >= 15 is 0 Å². The summed E-state index contributed by atoms with van der Waals surface area (Å²) in [5, 5.41) is 17.6. The van der Waals surface area contributed by atoms with Crippen molar-refractivity contribution in [2.45, 2.75) is 32.2 Å². The van der Waals surface area contributed by atoms with Gasteiger partial charge in [-0.3, -0.25) is 9.48 Å². The summed E-state index contributed by atoms with van der Waals surface area (Å²) in [7, 11) is 0. The molecule has 8 nitrogen and oxygen atoms in total. The summed E-state index contributed by atoms with van der Waals surface area (Å²) < 4.78 is 6.43. The molecule has 122 valence electrons. The Balaban J connectivity index is 1.78. The van der Waals surface area contributed by atoms with E-state index in [1.165, 1.54) is 4.68 Å². The van der Waals surface area contributed by atoms with E-state index in [1.54, 1.807) is 30.3 Å². The molecule has 0 atom stereocenters. The van der Waals surface area contributed by atoms with Gasteiger partial charge in [0, 0.05) is 38.2 Å². The van der Waals surface area contributed by atoms with Gasteiger partial charge in [-0.1, -0.05) is 5.16 Å². The Kier molecular flexibility index (Phi) is 3.67. The number of rotatable bonds is 3. The van der Waals surface area contributed by atoms with Crippen molar-refractivity contribution in [3.8, 4) is 0 Å². The maximum Gasteiger partial charge on any atom is 0.331 e. The number of hydrogen-bond acceptors (Lipinski definition) is 5. The van der Waals surface area contributed by atoms with Gasteiger partial charge in [-0.2, -0.15) is 5.10 Å². The number of carboxylic acids is 1. The van der Waals surface area contributed by atoms with Gasteiger partial charge in [0.05, 0.1) is 6.20 Å². The maximum absolute atomic E-state index is 12.4. The van der Waals surface area contributed by atoms with Crippen LogP contribution in [0.15, 0.2) is 23.0 Å². The SMILES string of the molecule is Cc1cnn(C2(C(=O)O)CCN(C(=O)c3cc(C)on3)CC2)c1. The molecule has 1 aliphatic heterocycles. The van der Waals surface area contributed by atoms with E-state index in [0.29, 0.717) is 31.7 Å². The van der Waals surface area contributed by atoms with E-state index in [-0.39, 0.29) is 11.6 Å². The second-order valence-electron chi connectivity index (χ2n) is 5.91. The average Bonchev–Trinajstić information content (AvgIpc) is 3.15. The van der Waals surface area contributed by atoms with Crippen LogP contribution in [0.5, 0.6) is 0 Å². The normalized spacial score (nSPS) is 17.2. The molecule has 1 saturated heterocycles. The van der Waals surface area contributed by atoms with E-state index in [1.807, 2.05) is 6.92 Å². The van der Waals surface area contributed by atoms with Gasteiger partial charge in [0.15, 0.2) is 11.2 Å². The molecule has 2 aromatic rings. The largest absolute Gasteiger partial charge is 0.479 e. The summed E-state index contributed by atoms with van der Waals surface area (Å²) in [6.45, 7) is 4.24. The molecule has 1 aliphatic rings. The van der Waals surface area contributed by atoms with E-state index < -0.39 is 11.5 Å². The van der Waals surface area contributed by atoms with Crippen LogP contribution in [-0.2, 0) is 10.3 Å². The van der Waals surface area contributed by atoms with E-state index in [4.69, 9.17) is 4.52 Å². The van der Waals surface area contributed by atoms with Gasteiger partial charge in [0.2, 0.25) is 0 Å². The first-order valence-electron chi connectivity index (χ1n) is 7.40. The average molecular weight is 318 g/mol. The van der Waals surface area contributed by atoms with Crippen LogP contribution in [0.1, 0.15) is 34.7 Å². The summed E-state index contributed by atoms with van der Waals surface area (Å²) in [5.74, 6) is -0.597. The number of aliphatic carboxylic acids is 1. The molecule has 23 heavy (non-hydrogen) atoms. The predicted molar refractivity (Wildman–Crippen MR) is 79.0 cm³/mol. The first-order chi connectivity index (χ1) is 10.9. The molecule has 0 bridgehead atoms. The lowest BCUT2D eigenvalue weighted by atomic mass is 9.87. The number of aromatic nitrogens is 3. The summed E-state index contributed by atoms with van der Waals surface area (Å²) in [6, 6.07) is 1.58. The van der Waals surface area contributed by atoms with Crippen molar-refractivity contribution in [3.63, 3.8) is 0 Å². The van der Waals surface area contributed by atoms with Crippen LogP contribution in [0, 0.1) is 13.8 Å². The highest BCUT2D eigenvalue weighted by Crippen LogP contribution is 2.31. The number of aryl methyl sites for hydroxylation is 2. The van der Waals surface area contributed by atoms with E-state index in [9.17, 15) is 14.7 Å². The van der Waals surface area contributed by atoms with Crippen LogP contribution >= 0.6 is 0 Å². The standard InChI is InChI=1S/C15H18N4O4/c1-10-8-16-19(9-10)15(14(21)22)3-5-18(6-4-15)13(20)12-7-11(2)23-17-12/h7-9H,3-6H2,1-2H3,(H,21,22). The molecule has 1 N–H and O–H groups in total. The van der Waals surface area contributed by atoms with Gasteiger partial charge in [-0.15, -0.1) is 0 Å². The number of hydrogen-bond donors (Lipinski definition) is 1. The first kappa shape index (κ1) is 15.3. The molecule has 0 aliphatic carbocycles. The molecule has 0 aromatic carbocycles.